The van der Waals surface area contributed by atoms with E-state index in [0.29, 0.717) is 5.75 Å². The summed E-state index contributed by atoms with van der Waals surface area (Å²) in [5.41, 5.74) is 3.08. The minimum absolute atomic E-state index is 0.0654. The van der Waals surface area contributed by atoms with Crippen LogP contribution in [0.3, 0.4) is 0 Å². The number of carbonyl (C=O) groups is 1. The minimum Gasteiger partial charge on any atom is -0.482 e. The van der Waals surface area contributed by atoms with E-state index in [0.717, 1.165) is 16.9 Å². The van der Waals surface area contributed by atoms with Crippen LogP contribution >= 0.6 is 0 Å². The molecule has 0 bridgehead atoms. The fourth-order valence-electron chi connectivity index (χ4n) is 2.82. The summed E-state index contributed by atoms with van der Waals surface area (Å²) in [6.45, 7) is 14.6. The smallest absolute Gasteiger partial charge is 0.349 e. The summed E-state index contributed by atoms with van der Waals surface area (Å²) in [6, 6.07) is 13.7. The molecule has 0 amide bonds. The van der Waals surface area contributed by atoms with Gasteiger partial charge in [-0.25, -0.2) is 4.79 Å². The Hall–Kier alpha value is -2.29. The van der Waals surface area contributed by atoms with E-state index in [2.05, 4.69) is 54.5 Å². The van der Waals surface area contributed by atoms with Crippen LogP contribution in [0.25, 0.3) is 0 Å². The molecule has 140 valence electrons. The van der Waals surface area contributed by atoms with Crippen molar-refractivity contribution in [2.45, 2.75) is 59.3 Å². The Morgan fingerprint density at radius 2 is 1.46 bits per heavy atom. The third-order valence-corrected chi connectivity index (χ3v) is 4.21. The Morgan fingerprint density at radius 3 is 2.08 bits per heavy atom. The molecule has 0 aromatic heterocycles. The number of aryl methyl sites for hydroxylation is 1. The average Bonchev–Trinajstić information content (AvgIpc) is 2.52. The summed E-state index contributed by atoms with van der Waals surface area (Å²) in [6.07, 6.45) is 0. The standard InChI is InChI=1S/C23H30O3/c1-16-12-13-19(18(14-16)23(5,6)7)25-15-21(24)26-20-11-9-8-10-17(20)22(2,3)4/h8-14H,15H2,1-7H3. The Balaban J connectivity index is 2.12. The lowest BCUT2D eigenvalue weighted by atomic mass is 9.85. The Morgan fingerprint density at radius 1 is 0.846 bits per heavy atom. The van der Waals surface area contributed by atoms with Crippen molar-refractivity contribution in [3.63, 3.8) is 0 Å². The zero-order valence-corrected chi connectivity index (χ0v) is 17.0. The van der Waals surface area contributed by atoms with E-state index in [1.807, 2.05) is 36.4 Å². The Kier molecular flexibility index (Phi) is 5.80. The quantitative estimate of drug-likeness (QED) is 0.531. The molecule has 2 aromatic carbocycles. The van der Waals surface area contributed by atoms with Gasteiger partial charge in [-0.1, -0.05) is 77.4 Å². The van der Waals surface area contributed by atoms with E-state index in [1.165, 1.54) is 5.56 Å². The van der Waals surface area contributed by atoms with Crippen LogP contribution in [0.4, 0.5) is 0 Å². The lowest BCUT2D eigenvalue weighted by Gasteiger charge is -2.24. The maximum absolute atomic E-state index is 12.3. The maximum atomic E-state index is 12.3. The van der Waals surface area contributed by atoms with E-state index in [-0.39, 0.29) is 17.4 Å². The summed E-state index contributed by atoms with van der Waals surface area (Å²) in [5, 5.41) is 0. The molecule has 0 aliphatic heterocycles. The largest absolute Gasteiger partial charge is 0.482 e. The summed E-state index contributed by atoms with van der Waals surface area (Å²) >= 11 is 0. The van der Waals surface area contributed by atoms with Crippen molar-refractivity contribution >= 4 is 5.97 Å². The first-order chi connectivity index (χ1) is 12.0. The fourth-order valence-corrected chi connectivity index (χ4v) is 2.82. The zero-order valence-electron chi connectivity index (χ0n) is 17.0. The van der Waals surface area contributed by atoms with E-state index in [9.17, 15) is 4.79 Å². The fraction of sp³-hybridized carbons (Fsp3) is 0.435. The third kappa shape index (κ3) is 5.10. The summed E-state index contributed by atoms with van der Waals surface area (Å²) in [4.78, 5) is 12.3. The number of rotatable bonds is 4. The van der Waals surface area contributed by atoms with Crippen molar-refractivity contribution in [2.75, 3.05) is 6.61 Å². The van der Waals surface area contributed by atoms with Gasteiger partial charge in [0.25, 0.3) is 0 Å². The average molecular weight is 354 g/mol. The van der Waals surface area contributed by atoms with Crippen LogP contribution in [0.5, 0.6) is 11.5 Å². The molecule has 3 heteroatoms. The van der Waals surface area contributed by atoms with Crippen molar-refractivity contribution in [3.05, 3.63) is 59.2 Å². The molecular formula is C23H30O3. The lowest BCUT2D eigenvalue weighted by Crippen LogP contribution is -2.22. The molecule has 0 radical (unpaired) electrons. The van der Waals surface area contributed by atoms with Crippen LogP contribution in [0, 0.1) is 6.92 Å². The lowest BCUT2D eigenvalue weighted by molar-refractivity contribution is -0.136. The van der Waals surface area contributed by atoms with Gasteiger partial charge < -0.3 is 9.47 Å². The highest BCUT2D eigenvalue weighted by molar-refractivity contribution is 5.74. The third-order valence-electron chi connectivity index (χ3n) is 4.21. The number of para-hydroxylation sites is 1. The minimum atomic E-state index is -0.401. The molecule has 2 rings (SSSR count). The zero-order chi connectivity index (χ0) is 19.5. The molecule has 0 fully saturated rings. The van der Waals surface area contributed by atoms with Crippen LogP contribution in [-0.2, 0) is 15.6 Å². The van der Waals surface area contributed by atoms with Gasteiger partial charge in [0.2, 0.25) is 0 Å². The molecule has 0 heterocycles. The summed E-state index contributed by atoms with van der Waals surface area (Å²) < 4.78 is 11.4. The normalized spacial score (nSPS) is 12.0. The highest BCUT2D eigenvalue weighted by Crippen LogP contribution is 2.33. The topological polar surface area (TPSA) is 35.5 Å². The maximum Gasteiger partial charge on any atom is 0.349 e. The SMILES string of the molecule is Cc1ccc(OCC(=O)Oc2ccccc2C(C)(C)C)c(C(C)(C)C)c1. The molecule has 26 heavy (non-hydrogen) atoms. The molecule has 0 spiro atoms. The van der Waals surface area contributed by atoms with E-state index in [4.69, 9.17) is 9.47 Å². The van der Waals surface area contributed by atoms with Gasteiger partial charge in [0.15, 0.2) is 6.61 Å². The van der Waals surface area contributed by atoms with Gasteiger partial charge in [-0.3, -0.25) is 0 Å². The summed E-state index contributed by atoms with van der Waals surface area (Å²) in [7, 11) is 0. The van der Waals surface area contributed by atoms with Gasteiger partial charge in [-0.15, -0.1) is 0 Å². The van der Waals surface area contributed by atoms with Gasteiger partial charge in [-0.05, 0) is 35.4 Å². The van der Waals surface area contributed by atoms with Gasteiger partial charge in [0.05, 0.1) is 0 Å². The van der Waals surface area contributed by atoms with Gasteiger partial charge in [0.1, 0.15) is 11.5 Å². The van der Waals surface area contributed by atoms with Crippen LogP contribution in [0.15, 0.2) is 42.5 Å². The molecule has 3 nitrogen and oxygen atoms in total. The first-order valence-corrected chi connectivity index (χ1v) is 9.02. The second-order valence-electron chi connectivity index (χ2n) is 8.76. The van der Waals surface area contributed by atoms with Crippen molar-refractivity contribution in [3.8, 4) is 11.5 Å². The number of hydrogen-bond acceptors (Lipinski definition) is 3. The van der Waals surface area contributed by atoms with Gasteiger partial charge in [0, 0.05) is 5.56 Å². The molecule has 0 aliphatic carbocycles. The van der Waals surface area contributed by atoms with Crippen molar-refractivity contribution in [1.29, 1.82) is 0 Å². The van der Waals surface area contributed by atoms with Crippen molar-refractivity contribution in [2.24, 2.45) is 0 Å². The number of ether oxygens (including phenoxy) is 2. The summed E-state index contributed by atoms with van der Waals surface area (Å²) in [5.74, 6) is 0.917. The van der Waals surface area contributed by atoms with Crippen LogP contribution < -0.4 is 9.47 Å². The van der Waals surface area contributed by atoms with Crippen LogP contribution in [0.2, 0.25) is 0 Å². The van der Waals surface area contributed by atoms with Crippen LogP contribution in [0.1, 0.15) is 58.2 Å². The Labute approximate surface area is 157 Å². The number of benzene rings is 2. The van der Waals surface area contributed by atoms with E-state index < -0.39 is 5.97 Å². The first kappa shape index (κ1) is 20.0. The molecule has 0 atom stereocenters. The molecule has 2 aromatic rings. The number of carbonyl (C=O) groups excluding carboxylic acids is 1. The highest BCUT2D eigenvalue weighted by Gasteiger charge is 2.22. The first-order valence-electron chi connectivity index (χ1n) is 9.02. The predicted molar refractivity (Wildman–Crippen MR) is 106 cm³/mol. The second-order valence-corrected chi connectivity index (χ2v) is 8.76. The molecule has 0 unspecified atom stereocenters. The predicted octanol–water partition coefficient (Wildman–Crippen LogP) is 5.57. The number of esters is 1. The molecule has 0 N–H and O–H groups in total. The van der Waals surface area contributed by atoms with E-state index in [1.54, 1.807) is 0 Å². The van der Waals surface area contributed by atoms with Crippen molar-refractivity contribution < 1.29 is 14.3 Å². The van der Waals surface area contributed by atoms with Gasteiger partial charge in [-0.2, -0.15) is 0 Å². The molecule has 0 saturated carbocycles. The monoisotopic (exact) mass is 354 g/mol. The second kappa shape index (κ2) is 7.53. The molecule has 0 saturated heterocycles. The highest BCUT2D eigenvalue weighted by atomic mass is 16.6. The van der Waals surface area contributed by atoms with Crippen LogP contribution in [-0.4, -0.2) is 12.6 Å². The Bertz CT molecular complexity index is 777. The van der Waals surface area contributed by atoms with Crippen molar-refractivity contribution in [1.82, 2.24) is 0 Å². The molecule has 0 aliphatic rings. The molecular weight excluding hydrogens is 324 g/mol. The van der Waals surface area contributed by atoms with E-state index >= 15 is 0 Å². The number of hydrogen-bond donors (Lipinski definition) is 0. The van der Waals surface area contributed by atoms with Gasteiger partial charge >= 0.3 is 5.97 Å².